The molecule has 1 N–H and O–H groups in total. The van der Waals surface area contributed by atoms with Crippen LogP contribution in [0.25, 0.3) is 11.5 Å². The fraction of sp³-hybridized carbons (Fsp3) is 0.333. The second-order valence-corrected chi connectivity index (χ2v) is 5.48. The molecule has 4 heterocycles. The van der Waals surface area contributed by atoms with E-state index in [2.05, 4.69) is 30.0 Å². The van der Waals surface area contributed by atoms with Crippen molar-refractivity contribution in [1.29, 1.82) is 0 Å². The maximum atomic E-state index is 12.9. The van der Waals surface area contributed by atoms with E-state index in [4.69, 9.17) is 4.52 Å². The van der Waals surface area contributed by atoms with Crippen molar-refractivity contribution >= 4 is 0 Å². The minimum Gasteiger partial charge on any atom is -0.348 e. The summed E-state index contributed by atoms with van der Waals surface area (Å²) in [6.45, 7) is 1.67. The topological polar surface area (TPSA) is 83.7 Å². The molecule has 1 aliphatic heterocycles. The summed E-state index contributed by atoms with van der Waals surface area (Å²) in [6, 6.07) is 2.94. The molecule has 3 aromatic heterocycles. The van der Waals surface area contributed by atoms with Gasteiger partial charge in [0.1, 0.15) is 17.3 Å². The van der Waals surface area contributed by atoms with Gasteiger partial charge in [-0.1, -0.05) is 5.16 Å². The summed E-state index contributed by atoms with van der Waals surface area (Å²) in [5.41, 5.74) is 0.497. The van der Waals surface area contributed by atoms with Crippen molar-refractivity contribution in [2.45, 2.75) is 25.4 Å². The van der Waals surface area contributed by atoms with Crippen LogP contribution >= 0.6 is 0 Å². The molecule has 0 aromatic carbocycles. The van der Waals surface area contributed by atoms with E-state index in [1.165, 1.54) is 6.07 Å². The largest absolute Gasteiger partial charge is 0.348 e. The average molecular weight is 314 g/mol. The molecule has 1 aliphatic rings. The molecule has 1 atom stereocenters. The summed E-state index contributed by atoms with van der Waals surface area (Å²) in [7, 11) is 0. The molecule has 7 nitrogen and oxygen atoms in total. The Morgan fingerprint density at radius 1 is 1.35 bits per heavy atom. The van der Waals surface area contributed by atoms with E-state index < -0.39 is 5.82 Å². The Hall–Kier alpha value is -2.61. The SMILES string of the molecule is Fc1ccc(-c2noc(C3CCCN3Cc3ncc[nH]3)n2)nc1. The van der Waals surface area contributed by atoms with E-state index in [-0.39, 0.29) is 6.04 Å². The van der Waals surface area contributed by atoms with Gasteiger partial charge in [-0.2, -0.15) is 4.98 Å². The fourth-order valence-corrected chi connectivity index (χ4v) is 2.85. The number of aromatic amines is 1. The number of imidazole rings is 1. The Kier molecular flexibility index (Phi) is 3.58. The van der Waals surface area contributed by atoms with Gasteiger partial charge < -0.3 is 9.51 Å². The summed E-state index contributed by atoms with van der Waals surface area (Å²) >= 11 is 0. The molecular weight excluding hydrogens is 299 g/mol. The first-order chi connectivity index (χ1) is 11.3. The Labute approximate surface area is 131 Å². The molecule has 0 aliphatic carbocycles. The molecule has 0 saturated carbocycles. The third kappa shape index (κ3) is 2.85. The highest BCUT2D eigenvalue weighted by Crippen LogP contribution is 2.32. The summed E-state index contributed by atoms with van der Waals surface area (Å²) in [5.74, 6) is 1.47. The Bertz CT molecular complexity index is 770. The van der Waals surface area contributed by atoms with E-state index in [9.17, 15) is 4.39 Å². The molecule has 0 spiro atoms. The lowest BCUT2D eigenvalue weighted by Gasteiger charge is -2.19. The van der Waals surface area contributed by atoms with E-state index in [0.29, 0.717) is 24.0 Å². The van der Waals surface area contributed by atoms with Crippen LogP contribution in [0.15, 0.2) is 35.2 Å². The second kappa shape index (κ2) is 5.88. The van der Waals surface area contributed by atoms with E-state index in [1.54, 1.807) is 12.3 Å². The second-order valence-electron chi connectivity index (χ2n) is 5.48. The molecule has 23 heavy (non-hydrogen) atoms. The number of aromatic nitrogens is 5. The molecule has 0 amide bonds. The van der Waals surface area contributed by atoms with Crippen molar-refractivity contribution in [2.75, 3.05) is 6.54 Å². The Morgan fingerprint density at radius 2 is 2.30 bits per heavy atom. The zero-order chi connectivity index (χ0) is 15.6. The number of halogens is 1. The number of pyridine rings is 1. The lowest BCUT2D eigenvalue weighted by atomic mass is 10.2. The van der Waals surface area contributed by atoms with Crippen LogP contribution in [0, 0.1) is 5.82 Å². The highest BCUT2D eigenvalue weighted by atomic mass is 19.1. The first-order valence-electron chi connectivity index (χ1n) is 7.47. The Morgan fingerprint density at radius 3 is 3.09 bits per heavy atom. The zero-order valence-electron chi connectivity index (χ0n) is 12.3. The van der Waals surface area contributed by atoms with Crippen LogP contribution in [0.4, 0.5) is 4.39 Å². The van der Waals surface area contributed by atoms with Gasteiger partial charge in [0, 0.05) is 12.4 Å². The van der Waals surface area contributed by atoms with Crippen molar-refractivity contribution in [3.63, 3.8) is 0 Å². The third-order valence-corrected chi connectivity index (χ3v) is 3.95. The molecule has 8 heteroatoms. The summed E-state index contributed by atoms with van der Waals surface area (Å²) in [6.07, 6.45) is 6.72. The summed E-state index contributed by atoms with van der Waals surface area (Å²) in [4.78, 5) is 18.0. The van der Waals surface area contributed by atoms with Gasteiger partial charge in [0.25, 0.3) is 0 Å². The number of hydrogen-bond acceptors (Lipinski definition) is 6. The van der Waals surface area contributed by atoms with Gasteiger partial charge in [0.2, 0.25) is 11.7 Å². The predicted molar refractivity (Wildman–Crippen MR) is 78.5 cm³/mol. The Balaban J connectivity index is 1.54. The monoisotopic (exact) mass is 314 g/mol. The molecule has 118 valence electrons. The first-order valence-corrected chi connectivity index (χ1v) is 7.47. The highest BCUT2D eigenvalue weighted by molar-refractivity contribution is 5.47. The maximum Gasteiger partial charge on any atom is 0.244 e. The van der Waals surface area contributed by atoms with Crippen molar-refractivity contribution in [3.05, 3.63) is 48.3 Å². The molecule has 0 bridgehead atoms. The molecule has 0 radical (unpaired) electrons. The van der Waals surface area contributed by atoms with Gasteiger partial charge in [-0.3, -0.25) is 4.90 Å². The average Bonchev–Trinajstić information content (AvgIpc) is 3.29. The van der Waals surface area contributed by atoms with E-state index in [0.717, 1.165) is 31.4 Å². The van der Waals surface area contributed by atoms with Crippen LogP contribution in [0.5, 0.6) is 0 Å². The fourth-order valence-electron chi connectivity index (χ4n) is 2.85. The minimum absolute atomic E-state index is 0.0711. The molecule has 1 unspecified atom stereocenters. The normalized spacial score (nSPS) is 18.6. The van der Waals surface area contributed by atoms with Crippen molar-refractivity contribution < 1.29 is 8.91 Å². The van der Waals surface area contributed by atoms with Gasteiger partial charge in [-0.25, -0.2) is 14.4 Å². The van der Waals surface area contributed by atoms with Crippen molar-refractivity contribution in [2.24, 2.45) is 0 Å². The maximum absolute atomic E-state index is 12.9. The number of H-pyrrole nitrogens is 1. The van der Waals surface area contributed by atoms with Gasteiger partial charge >= 0.3 is 0 Å². The van der Waals surface area contributed by atoms with Crippen LogP contribution < -0.4 is 0 Å². The molecule has 1 saturated heterocycles. The van der Waals surface area contributed by atoms with Gasteiger partial charge in [-0.05, 0) is 31.5 Å². The van der Waals surface area contributed by atoms with Crippen LogP contribution in [-0.4, -0.2) is 36.5 Å². The van der Waals surface area contributed by atoms with Gasteiger partial charge in [0.05, 0.1) is 18.8 Å². The van der Waals surface area contributed by atoms with Crippen LogP contribution in [0.2, 0.25) is 0 Å². The molecule has 1 fully saturated rings. The number of nitrogens with one attached hydrogen (secondary N) is 1. The zero-order valence-corrected chi connectivity index (χ0v) is 12.3. The molecule has 4 rings (SSSR count). The number of rotatable bonds is 4. The van der Waals surface area contributed by atoms with Gasteiger partial charge in [-0.15, -0.1) is 0 Å². The quantitative estimate of drug-likeness (QED) is 0.795. The number of hydrogen-bond donors (Lipinski definition) is 1. The molecule has 3 aromatic rings. The summed E-state index contributed by atoms with van der Waals surface area (Å²) < 4.78 is 18.4. The lowest BCUT2D eigenvalue weighted by molar-refractivity contribution is 0.197. The standard InChI is InChI=1S/C15H15FN6O/c16-10-3-4-11(19-8-10)14-20-15(23-21-14)12-2-1-7-22(12)9-13-17-5-6-18-13/h3-6,8,12H,1-2,7,9H2,(H,17,18). The lowest BCUT2D eigenvalue weighted by Crippen LogP contribution is -2.23. The van der Waals surface area contributed by atoms with E-state index in [1.807, 2.05) is 6.20 Å². The van der Waals surface area contributed by atoms with Crippen molar-refractivity contribution in [3.8, 4) is 11.5 Å². The van der Waals surface area contributed by atoms with E-state index >= 15 is 0 Å². The van der Waals surface area contributed by atoms with Gasteiger partial charge in [0.15, 0.2) is 0 Å². The third-order valence-electron chi connectivity index (χ3n) is 3.95. The molecular formula is C15H15FN6O. The number of likely N-dealkylation sites (tertiary alicyclic amines) is 1. The summed E-state index contributed by atoms with van der Waals surface area (Å²) in [5, 5.41) is 3.97. The van der Waals surface area contributed by atoms with Crippen LogP contribution in [0.3, 0.4) is 0 Å². The number of nitrogens with zero attached hydrogens (tertiary/aromatic N) is 5. The van der Waals surface area contributed by atoms with Crippen LogP contribution in [0.1, 0.15) is 30.6 Å². The van der Waals surface area contributed by atoms with Crippen molar-refractivity contribution in [1.82, 2.24) is 30.0 Å². The smallest absolute Gasteiger partial charge is 0.244 e. The minimum atomic E-state index is -0.391. The highest BCUT2D eigenvalue weighted by Gasteiger charge is 2.31. The predicted octanol–water partition coefficient (Wildman–Crippen LogP) is 2.33. The first kappa shape index (κ1) is 14.0. The van der Waals surface area contributed by atoms with Crippen LogP contribution in [-0.2, 0) is 6.54 Å².